The van der Waals surface area contributed by atoms with Gasteiger partial charge in [-0.3, -0.25) is 0 Å². The number of aryl methyl sites for hydroxylation is 1. The van der Waals surface area contributed by atoms with Gasteiger partial charge in [-0.25, -0.2) is 9.59 Å². The predicted molar refractivity (Wildman–Crippen MR) is 133 cm³/mol. The van der Waals surface area contributed by atoms with Gasteiger partial charge in [-0.15, -0.1) is 0 Å². The lowest BCUT2D eigenvalue weighted by atomic mass is 9.93. The molecule has 2 aromatic carbocycles. The van der Waals surface area contributed by atoms with Crippen LogP contribution in [0.2, 0.25) is 0 Å². The fraction of sp³-hybridized carbons (Fsp3) is 0.214. The molecule has 0 aliphatic rings. The average Bonchev–Trinajstić information content (AvgIpc) is 2.87. The molecule has 0 heterocycles. The van der Waals surface area contributed by atoms with E-state index in [0.717, 1.165) is 34.8 Å². The standard InChI is InChI=1S/C28H30O6/c1-5-20(10-9-17-32-28(31)19-33-26(29)7-3)23-13-16-25(21(6-2)18-23)22-11-14-24(15-12-22)34-27(30)8-4/h5,7-16,18,27,30H,3-4,6,17,19H2,1-2H3/b10-9-,20-5+. The highest BCUT2D eigenvalue weighted by Crippen LogP contribution is 2.29. The van der Waals surface area contributed by atoms with Crippen LogP contribution in [-0.4, -0.2) is 36.5 Å². The molecule has 178 valence electrons. The highest BCUT2D eigenvalue weighted by atomic mass is 16.6. The second-order valence-electron chi connectivity index (χ2n) is 7.14. The van der Waals surface area contributed by atoms with Gasteiger partial charge in [-0.1, -0.05) is 62.6 Å². The van der Waals surface area contributed by atoms with Crippen LogP contribution < -0.4 is 4.74 Å². The summed E-state index contributed by atoms with van der Waals surface area (Å²) in [5, 5.41) is 9.55. The van der Waals surface area contributed by atoms with Gasteiger partial charge in [-0.2, -0.15) is 0 Å². The topological polar surface area (TPSA) is 82.1 Å². The van der Waals surface area contributed by atoms with Crippen LogP contribution in [0.1, 0.15) is 25.0 Å². The predicted octanol–water partition coefficient (Wildman–Crippen LogP) is 5.03. The van der Waals surface area contributed by atoms with Crippen LogP contribution in [0.4, 0.5) is 0 Å². The number of carbonyl (C=O) groups is 2. The Morgan fingerprint density at radius 1 is 1.09 bits per heavy atom. The molecule has 0 saturated carbocycles. The highest BCUT2D eigenvalue weighted by molar-refractivity contribution is 5.83. The quantitative estimate of drug-likeness (QED) is 0.157. The van der Waals surface area contributed by atoms with E-state index in [4.69, 9.17) is 9.47 Å². The fourth-order valence-corrected chi connectivity index (χ4v) is 3.15. The summed E-state index contributed by atoms with van der Waals surface area (Å²) < 4.78 is 15.0. The zero-order chi connectivity index (χ0) is 24.9. The van der Waals surface area contributed by atoms with E-state index in [2.05, 4.69) is 37.0 Å². The summed E-state index contributed by atoms with van der Waals surface area (Å²) in [4.78, 5) is 22.6. The van der Waals surface area contributed by atoms with Crippen molar-refractivity contribution in [3.05, 3.63) is 97.1 Å². The first kappa shape index (κ1) is 26.4. The second-order valence-corrected chi connectivity index (χ2v) is 7.14. The van der Waals surface area contributed by atoms with Gasteiger partial charge in [0, 0.05) is 6.08 Å². The first-order valence-corrected chi connectivity index (χ1v) is 10.9. The number of esters is 2. The molecule has 1 unspecified atom stereocenters. The van der Waals surface area contributed by atoms with Gasteiger partial charge >= 0.3 is 11.9 Å². The first-order chi connectivity index (χ1) is 16.4. The van der Waals surface area contributed by atoms with E-state index < -0.39 is 24.8 Å². The van der Waals surface area contributed by atoms with E-state index in [0.29, 0.717) is 5.75 Å². The third-order valence-corrected chi connectivity index (χ3v) is 4.89. The van der Waals surface area contributed by atoms with Gasteiger partial charge in [0.05, 0.1) is 0 Å². The third kappa shape index (κ3) is 7.90. The van der Waals surface area contributed by atoms with Crippen molar-refractivity contribution >= 4 is 17.5 Å². The summed E-state index contributed by atoms with van der Waals surface area (Å²) in [6.07, 6.45) is 7.71. The maximum Gasteiger partial charge on any atom is 0.344 e. The molecule has 0 amide bonds. The van der Waals surface area contributed by atoms with Gasteiger partial charge in [0.15, 0.2) is 6.61 Å². The Hall–Kier alpha value is -3.90. The zero-order valence-electron chi connectivity index (χ0n) is 19.5. The zero-order valence-corrected chi connectivity index (χ0v) is 19.5. The number of benzene rings is 2. The molecule has 2 aromatic rings. The molecule has 0 radical (unpaired) electrons. The summed E-state index contributed by atoms with van der Waals surface area (Å²) >= 11 is 0. The number of carbonyl (C=O) groups excluding carboxylic acids is 2. The van der Waals surface area contributed by atoms with Crippen LogP contribution in [0.25, 0.3) is 16.7 Å². The smallest absolute Gasteiger partial charge is 0.344 e. The van der Waals surface area contributed by atoms with Crippen molar-refractivity contribution in [1.29, 1.82) is 0 Å². The largest absolute Gasteiger partial charge is 0.461 e. The fourth-order valence-electron chi connectivity index (χ4n) is 3.15. The Labute approximate surface area is 200 Å². The van der Waals surface area contributed by atoms with E-state index in [-0.39, 0.29) is 6.61 Å². The molecule has 0 fully saturated rings. The van der Waals surface area contributed by atoms with Crippen molar-refractivity contribution in [2.75, 3.05) is 13.2 Å². The van der Waals surface area contributed by atoms with E-state index >= 15 is 0 Å². The van der Waals surface area contributed by atoms with Gasteiger partial charge in [0.2, 0.25) is 6.29 Å². The van der Waals surface area contributed by atoms with Gasteiger partial charge in [0.1, 0.15) is 12.4 Å². The van der Waals surface area contributed by atoms with Gasteiger partial charge in [-0.05, 0) is 65.5 Å². The van der Waals surface area contributed by atoms with Crippen LogP contribution in [-0.2, 0) is 25.5 Å². The van der Waals surface area contributed by atoms with E-state index in [1.165, 1.54) is 11.6 Å². The van der Waals surface area contributed by atoms with Crippen molar-refractivity contribution in [2.45, 2.75) is 26.6 Å². The molecular formula is C28H30O6. The van der Waals surface area contributed by atoms with Crippen LogP contribution in [0, 0.1) is 0 Å². The Morgan fingerprint density at radius 3 is 2.44 bits per heavy atom. The van der Waals surface area contributed by atoms with Crippen molar-refractivity contribution in [3.8, 4) is 16.9 Å². The molecule has 6 heteroatoms. The Morgan fingerprint density at radius 2 is 1.82 bits per heavy atom. The Bertz CT molecular complexity index is 1060. The number of hydrogen-bond acceptors (Lipinski definition) is 6. The minimum atomic E-state index is -1.04. The molecule has 0 aromatic heterocycles. The lowest BCUT2D eigenvalue weighted by Crippen LogP contribution is -2.15. The van der Waals surface area contributed by atoms with Crippen molar-refractivity contribution < 1.29 is 28.9 Å². The summed E-state index contributed by atoms with van der Waals surface area (Å²) in [6.45, 7) is 10.4. The number of rotatable bonds is 12. The molecule has 1 atom stereocenters. The third-order valence-electron chi connectivity index (χ3n) is 4.89. The molecule has 34 heavy (non-hydrogen) atoms. The lowest BCUT2D eigenvalue weighted by Gasteiger charge is -2.13. The highest BCUT2D eigenvalue weighted by Gasteiger charge is 2.09. The molecule has 0 spiro atoms. The van der Waals surface area contributed by atoms with Crippen molar-refractivity contribution in [1.82, 2.24) is 0 Å². The number of aliphatic hydroxyl groups excluding tert-OH is 1. The lowest BCUT2D eigenvalue weighted by molar-refractivity contribution is -0.155. The first-order valence-electron chi connectivity index (χ1n) is 10.9. The van der Waals surface area contributed by atoms with Crippen molar-refractivity contribution in [3.63, 3.8) is 0 Å². The minimum Gasteiger partial charge on any atom is -0.461 e. The molecule has 0 bridgehead atoms. The van der Waals surface area contributed by atoms with Gasteiger partial charge < -0.3 is 19.3 Å². The Kier molecular flexibility index (Phi) is 10.5. The molecule has 6 nitrogen and oxygen atoms in total. The molecule has 0 saturated heterocycles. The average molecular weight is 463 g/mol. The van der Waals surface area contributed by atoms with Crippen LogP contribution >= 0.6 is 0 Å². The minimum absolute atomic E-state index is 0.0650. The molecule has 0 aliphatic carbocycles. The summed E-state index contributed by atoms with van der Waals surface area (Å²) in [7, 11) is 0. The molecular weight excluding hydrogens is 432 g/mol. The summed E-state index contributed by atoms with van der Waals surface area (Å²) in [5.74, 6) is -0.740. The number of aliphatic hydroxyl groups is 1. The van der Waals surface area contributed by atoms with Gasteiger partial charge in [0.25, 0.3) is 0 Å². The second kappa shape index (κ2) is 13.6. The maximum absolute atomic E-state index is 11.6. The Balaban J connectivity index is 2.07. The van der Waals surface area contributed by atoms with Crippen LogP contribution in [0.15, 0.2) is 86.0 Å². The number of ether oxygens (including phenoxy) is 3. The monoisotopic (exact) mass is 462 g/mol. The summed E-state index contributed by atoms with van der Waals surface area (Å²) in [6, 6.07) is 13.8. The SMILES string of the molecule is C=CC(=O)OCC(=O)OC/C=C\C(=C/C)c1ccc(-c2ccc(OC(O)C=C)cc2)c(CC)c1. The van der Waals surface area contributed by atoms with Crippen molar-refractivity contribution in [2.24, 2.45) is 0 Å². The normalized spacial score (nSPS) is 12.1. The number of hydrogen-bond donors (Lipinski definition) is 1. The summed E-state index contributed by atoms with van der Waals surface area (Å²) in [5.41, 5.74) is 5.37. The van der Waals surface area contributed by atoms with Crippen LogP contribution in [0.5, 0.6) is 5.75 Å². The number of allylic oxidation sites excluding steroid dienone is 3. The molecule has 2 rings (SSSR count). The molecule has 1 N–H and O–H groups in total. The molecule has 0 aliphatic heterocycles. The van der Waals surface area contributed by atoms with E-state index in [1.807, 2.05) is 49.4 Å². The van der Waals surface area contributed by atoms with E-state index in [9.17, 15) is 14.7 Å². The maximum atomic E-state index is 11.6. The van der Waals surface area contributed by atoms with Crippen LogP contribution in [0.3, 0.4) is 0 Å². The van der Waals surface area contributed by atoms with E-state index in [1.54, 1.807) is 6.08 Å².